The molecule has 0 fully saturated rings. The van der Waals surface area contributed by atoms with Crippen molar-refractivity contribution in [3.8, 4) is 0 Å². The standard InChI is InChI=1S/C14H15ClN4O/c1-2-17-13-7-11(6-12(15)19-13)14(20)18-9-10-4-3-5-16-8-10/h3-8H,2,9H2,1H3,(H,17,19)(H,18,20). The monoisotopic (exact) mass is 290 g/mol. The molecule has 2 heterocycles. The van der Waals surface area contributed by atoms with Gasteiger partial charge in [0, 0.05) is 31.0 Å². The van der Waals surface area contributed by atoms with Gasteiger partial charge in [0.1, 0.15) is 11.0 Å². The van der Waals surface area contributed by atoms with Crippen molar-refractivity contribution in [2.24, 2.45) is 0 Å². The number of pyridine rings is 2. The van der Waals surface area contributed by atoms with E-state index < -0.39 is 0 Å². The zero-order chi connectivity index (χ0) is 14.4. The number of amides is 1. The molecule has 2 aromatic heterocycles. The van der Waals surface area contributed by atoms with Gasteiger partial charge < -0.3 is 10.6 Å². The van der Waals surface area contributed by atoms with Crippen LogP contribution in [0.1, 0.15) is 22.8 Å². The second kappa shape index (κ2) is 6.86. The summed E-state index contributed by atoms with van der Waals surface area (Å²) in [5, 5.41) is 6.14. The summed E-state index contributed by atoms with van der Waals surface area (Å²) in [5.74, 6) is 0.392. The lowest BCUT2D eigenvalue weighted by molar-refractivity contribution is 0.0951. The molecule has 2 rings (SSSR count). The number of nitrogens with zero attached hydrogens (tertiary/aromatic N) is 2. The lowest BCUT2D eigenvalue weighted by atomic mass is 10.2. The molecule has 0 saturated heterocycles. The van der Waals surface area contributed by atoms with Gasteiger partial charge in [-0.05, 0) is 30.7 Å². The predicted octanol–water partition coefficient (Wildman–Crippen LogP) is 2.49. The van der Waals surface area contributed by atoms with Gasteiger partial charge in [0.25, 0.3) is 5.91 Å². The molecule has 1 amide bonds. The maximum absolute atomic E-state index is 12.1. The number of anilines is 1. The van der Waals surface area contributed by atoms with E-state index in [9.17, 15) is 4.79 Å². The first kappa shape index (κ1) is 14.3. The minimum Gasteiger partial charge on any atom is -0.370 e. The van der Waals surface area contributed by atoms with E-state index in [4.69, 9.17) is 11.6 Å². The molecule has 0 spiro atoms. The maximum Gasteiger partial charge on any atom is 0.251 e. The molecular weight excluding hydrogens is 276 g/mol. The van der Waals surface area contributed by atoms with Crippen LogP contribution in [0, 0.1) is 0 Å². The average Bonchev–Trinajstić information content (AvgIpc) is 2.45. The molecule has 0 radical (unpaired) electrons. The predicted molar refractivity (Wildman–Crippen MR) is 78.8 cm³/mol. The van der Waals surface area contributed by atoms with E-state index in [1.807, 2.05) is 19.1 Å². The Morgan fingerprint density at radius 3 is 2.95 bits per heavy atom. The third kappa shape index (κ3) is 3.93. The van der Waals surface area contributed by atoms with Crippen LogP contribution in [0.2, 0.25) is 5.15 Å². The van der Waals surface area contributed by atoms with E-state index in [1.165, 1.54) is 0 Å². The van der Waals surface area contributed by atoms with Crippen molar-refractivity contribution in [3.05, 3.63) is 52.9 Å². The molecule has 20 heavy (non-hydrogen) atoms. The van der Waals surface area contributed by atoms with E-state index in [-0.39, 0.29) is 11.1 Å². The Hall–Kier alpha value is -2.14. The van der Waals surface area contributed by atoms with E-state index in [2.05, 4.69) is 20.6 Å². The van der Waals surface area contributed by atoms with Gasteiger partial charge in [-0.1, -0.05) is 17.7 Å². The van der Waals surface area contributed by atoms with Crippen LogP contribution in [0.4, 0.5) is 5.82 Å². The summed E-state index contributed by atoms with van der Waals surface area (Å²) in [5.41, 5.74) is 1.41. The van der Waals surface area contributed by atoms with Crippen LogP contribution in [-0.4, -0.2) is 22.4 Å². The van der Waals surface area contributed by atoms with Crippen LogP contribution in [-0.2, 0) is 6.54 Å². The molecule has 6 heteroatoms. The van der Waals surface area contributed by atoms with Crippen LogP contribution < -0.4 is 10.6 Å². The molecule has 2 N–H and O–H groups in total. The Bertz CT molecular complexity index is 589. The summed E-state index contributed by atoms with van der Waals surface area (Å²) < 4.78 is 0. The van der Waals surface area contributed by atoms with E-state index in [0.29, 0.717) is 24.5 Å². The van der Waals surface area contributed by atoms with Gasteiger partial charge >= 0.3 is 0 Å². The maximum atomic E-state index is 12.1. The van der Waals surface area contributed by atoms with Gasteiger partial charge in [0.2, 0.25) is 0 Å². The van der Waals surface area contributed by atoms with Gasteiger partial charge in [-0.15, -0.1) is 0 Å². The number of rotatable bonds is 5. The highest BCUT2D eigenvalue weighted by Gasteiger charge is 2.09. The number of halogens is 1. The Morgan fingerprint density at radius 1 is 1.40 bits per heavy atom. The highest BCUT2D eigenvalue weighted by atomic mass is 35.5. The Balaban J connectivity index is 2.05. The molecule has 0 atom stereocenters. The Labute approximate surface area is 122 Å². The SMILES string of the molecule is CCNc1cc(C(=O)NCc2cccnc2)cc(Cl)n1. The minimum atomic E-state index is -0.197. The summed E-state index contributed by atoms with van der Waals surface area (Å²) in [4.78, 5) is 20.2. The highest BCUT2D eigenvalue weighted by molar-refractivity contribution is 6.29. The first-order chi connectivity index (χ1) is 9.69. The molecule has 5 nitrogen and oxygen atoms in total. The molecule has 0 aromatic carbocycles. The first-order valence-electron chi connectivity index (χ1n) is 6.27. The van der Waals surface area contributed by atoms with Crippen molar-refractivity contribution in [3.63, 3.8) is 0 Å². The van der Waals surface area contributed by atoms with Crippen molar-refractivity contribution in [2.45, 2.75) is 13.5 Å². The summed E-state index contributed by atoms with van der Waals surface area (Å²) in [6.07, 6.45) is 3.40. The second-order valence-corrected chi connectivity index (χ2v) is 4.53. The number of carbonyl (C=O) groups excluding carboxylic acids is 1. The quantitative estimate of drug-likeness (QED) is 0.830. The van der Waals surface area contributed by atoms with E-state index in [0.717, 1.165) is 5.56 Å². The number of hydrogen-bond acceptors (Lipinski definition) is 4. The smallest absolute Gasteiger partial charge is 0.251 e. The van der Waals surface area contributed by atoms with E-state index >= 15 is 0 Å². The highest BCUT2D eigenvalue weighted by Crippen LogP contribution is 2.14. The summed E-state index contributed by atoms with van der Waals surface area (Å²) in [6, 6.07) is 6.94. The average molecular weight is 291 g/mol. The molecule has 0 saturated carbocycles. The van der Waals surface area contributed by atoms with Crippen molar-refractivity contribution in [2.75, 3.05) is 11.9 Å². The van der Waals surface area contributed by atoms with Crippen LogP contribution in [0.5, 0.6) is 0 Å². The fourth-order valence-corrected chi connectivity index (χ4v) is 1.90. The largest absolute Gasteiger partial charge is 0.370 e. The van der Waals surface area contributed by atoms with Gasteiger partial charge in [-0.2, -0.15) is 0 Å². The number of hydrogen-bond donors (Lipinski definition) is 2. The van der Waals surface area contributed by atoms with Crippen LogP contribution in [0.3, 0.4) is 0 Å². The topological polar surface area (TPSA) is 66.9 Å². The van der Waals surface area contributed by atoms with Crippen molar-refractivity contribution < 1.29 is 4.79 Å². The first-order valence-corrected chi connectivity index (χ1v) is 6.65. The molecule has 2 aromatic rings. The molecule has 0 bridgehead atoms. The third-order valence-electron chi connectivity index (χ3n) is 2.59. The molecule has 0 aliphatic carbocycles. The van der Waals surface area contributed by atoms with Crippen molar-refractivity contribution >= 4 is 23.3 Å². The molecule has 104 valence electrons. The molecule has 0 unspecified atom stereocenters. The van der Waals surface area contributed by atoms with Gasteiger partial charge in [0.05, 0.1) is 0 Å². The van der Waals surface area contributed by atoms with Gasteiger partial charge in [0.15, 0.2) is 0 Å². The normalized spacial score (nSPS) is 10.1. The summed E-state index contributed by atoms with van der Waals surface area (Å²) in [7, 11) is 0. The van der Waals surface area contributed by atoms with Crippen LogP contribution >= 0.6 is 11.6 Å². The zero-order valence-corrected chi connectivity index (χ0v) is 11.8. The Kier molecular flexibility index (Phi) is 4.90. The lowest BCUT2D eigenvalue weighted by Crippen LogP contribution is -2.23. The fourth-order valence-electron chi connectivity index (χ4n) is 1.69. The second-order valence-electron chi connectivity index (χ2n) is 4.14. The molecular formula is C14H15ClN4O. The third-order valence-corrected chi connectivity index (χ3v) is 2.78. The zero-order valence-electron chi connectivity index (χ0n) is 11.1. The lowest BCUT2D eigenvalue weighted by Gasteiger charge is -2.08. The molecule has 0 aliphatic heterocycles. The van der Waals surface area contributed by atoms with Gasteiger partial charge in [-0.25, -0.2) is 4.98 Å². The number of nitrogens with one attached hydrogen (secondary N) is 2. The summed E-state index contributed by atoms with van der Waals surface area (Å²) >= 11 is 5.91. The van der Waals surface area contributed by atoms with Crippen molar-refractivity contribution in [1.29, 1.82) is 0 Å². The van der Waals surface area contributed by atoms with Gasteiger partial charge in [-0.3, -0.25) is 9.78 Å². The number of carbonyl (C=O) groups is 1. The number of aromatic nitrogens is 2. The Morgan fingerprint density at radius 2 is 2.25 bits per heavy atom. The molecule has 0 aliphatic rings. The van der Waals surface area contributed by atoms with Crippen molar-refractivity contribution in [1.82, 2.24) is 15.3 Å². The summed E-state index contributed by atoms with van der Waals surface area (Å²) in [6.45, 7) is 3.08. The van der Waals surface area contributed by atoms with E-state index in [1.54, 1.807) is 24.5 Å². The van der Waals surface area contributed by atoms with Crippen LogP contribution in [0.25, 0.3) is 0 Å². The minimum absolute atomic E-state index is 0.197. The fraction of sp³-hybridized carbons (Fsp3) is 0.214. The van der Waals surface area contributed by atoms with Crippen LogP contribution in [0.15, 0.2) is 36.7 Å².